The Morgan fingerprint density at radius 2 is 1.83 bits per heavy atom. The Bertz CT molecular complexity index is 1030. The van der Waals surface area contributed by atoms with Crippen LogP contribution in [0.4, 0.5) is 0 Å². The lowest BCUT2D eigenvalue weighted by molar-refractivity contribution is -0.133. The molecule has 0 atom stereocenters. The van der Waals surface area contributed by atoms with E-state index in [4.69, 9.17) is 9.84 Å². The average molecular weight is 412 g/mol. The second kappa shape index (κ2) is 8.69. The number of carboxylic acid groups (broad SMARTS) is 1. The van der Waals surface area contributed by atoms with Crippen LogP contribution < -0.4 is 4.74 Å². The van der Waals surface area contributed by atoms with Crippen molar-refractivity contribution >= 4 is 17.7 Å². The van der Waals surface area contributed by atoms with Gasteiger partial charge >= 0.3 is 5.97 Å². The van der Waals surface area contributed by atoms with Gasteiger partial charge in [-0.3, -0.25) is 9.36 Å². The minimum absolute atomic E-state index is 0.0849. The molecular formula is C22H25N3O3S. The van der Waals surface area contributed by atoms with Gasteiger partial charge in [0, 0.05) is 11.3 Å². The van der Waals surface area contributed by atoms with Gasteiger partial charge in [0.1, 0.15) is 5.75 Å². The summed E-state index contributed by atoms with van der Waals surface area (Å²) < 4.78 is 7.17. The van der Waals surface area contributed by atoms with Crippen molar-refractivity contribution in [3.8, 4) is 22.8 Å². The first-order chi connectivity index (χ1) is 13.8. The summed E-state index contributed by atoms with van der Waals surface area (Å²) in [5, 5.41) is 18.4. The number of thioether (sulfide) groups is 1. The van der Waals surface area contributed by atoms with Crippen LogP contribution in [0.2, 0.25) is 0 Å². The van der Waals surface area contributed by atoms with Gasteiger partial charge in [0.15, 0.2) is 11.0 Å². The van der Waals surface area contributed by atoms with E-state index < -0.39 is 5.97 Å². The molecule has 1 heterocycles. The molecule has 0 amide bonds. The number of rotatable bonds is 7. The standard InChI is InChI=1S/C22H25N3O3S/c1-13(2)18-11-19(15(4)10-14(18)3)21-23-24-22(29-12-20(26)27)25(21)16-6-8-17(28-5)9-7-16/h6-11,13H,12H2,1-5H3,(H,26,27). The average Bonchev–Trinajstić information content (AvgIpc) is 3.09. The van der Waals surface area contributed by atoms with Crippen LogP contribution in [0, 0.1) is 13.8 Å². The van der Waals surface area contributed by atoms with E-state index in [0.717, 1.165) is 34.3 Å². The summed E-state index contributed by atoms with van der Waals surface area (Å²) in [5.74, 6) is 0.847. The zero-order valence-corrected chi connectivity index (χ0v) is 18.1. The Hall–Kier alpha value is -2.80. The third kappa shape index (κ3) is 4.45. The fourth-order valence-electron chi connectivity index (χ4n) is 3.36. The molecule has 6 nitrogen and oxygen atoms in total. The van der Waals surface area contributed by atoms with E-state index in [2.05, 4.69) is 50.0 Å². The number of carboxylic acids is 1. The van der Waals surface area contributed by atoms with Gasteiger partial charge in [-0.25, -0.2) is 0 Å². The first-order valence-corrected chi connectivity index (χ1v) is 10.4. The number of benzene rings is 2. The topological polar surface area (TPSA) is 77.2 Å². The van der Waals surface area contributed by atoms with Gasteiger partial charge in [-0.05, 0) is 66.8 Å². The summed E-state index contributed by atoms with van der Waals surface area (Å²) >= 11 is 1.15. The fraction of sp³-hybridized carbons (Fsp3) is 0.318. The largest absolute Gasteiger partial charge is 0.497 e. The Labute approximate surface area is 174 Å². The highest BCUT2D eigenvalue weighted by molar-refractivity contribution is 7.99. The molecule has 0 fully saturated rings. The summed E-state index contributed by atoms with van der Waals surface area (Å²) in [7, 11) is 1.62. The molecule has 29 heavy (non-hydrogen) atoms. The molecule has 152 valence electrons. The predicted molar refractivity (Wildman–Crippen MR) is 115 cm³/mol. The zero-order chi connectivity index (χ0) is 21.1. The maximum Gasteiger partial charge on any atom is 0.313 e. The van der Waals surface area contributed by atoms with Gasteiger partial charge in [-0.15, -0.1) is 10.2 Å². The van der Waals surface area contributed by atoms with E-state index in [1.807, 2.05) is 28.8 Å². The number of hydrogen-bond donors (Lipinski definition) is 1. The third-order valence-corrected chi connectivity index (χ3v) is 5.68. The number of aromatic nitrogens is 3. The van der Waals surface area contributed by atoms with Crippen molar-refractivity contribution in [1.82, 2.24) is 14.8 Å². The molecule has 1 N–H and O–H groups in total. The number of nitrogens with zero attached hydrogens (tertiary/aromatic N) is 3. The molecule has 0 saturated heterocycles. The summed E-state index contributed by atoms with van der Waals surface area (Å²) in [6, 6.07) is 11.9. The van der Waals surface area contributed by atoms with Crippen LogP contribution in [0.5, 0.6) is 5.75 Å². The van der Waals surface area contributed by atoms with Gasteiger partial charge < -0.3 is 9.84 Å². The summed E-state index contributed by atoms with van der Waals surface area (Å²) in [4.78, 5) is 11.1. The Morgan fingerprint density at radius 1 is 1.14 bits per heavy atom. The zero-order valence-electron chi connectivity index (χ0n) is 17.3. The number of aryl methyl sites for hydroxylation is 2. The van der Waals surface area contributed by atoms with Crippen LogP contribution in [0.25, 0.3) is 17.1 Å². The van der Waals surface area contributed by atoms with Gasteiger partial charge in [-0.2, -0.15) is 0 Å². The van der Waals surface area contributed by atoms with Crippen LogP contribution in [0.3, 0.4) is 0 Å². The van der Waals surface area contributed by atoms with Crippen molar-refractivity contribution in [3.05, 3.63) is 53.1 Å². The Balaban J connectivity index is 2.19. The number of hydrogen-bond acceptors (Lipinski definition) is 5. The molecule has 0 saturated carbocycles. The molecule has 7 heteroatoms. The van der Waals surface area contributed by atoms with Gasteiger partial charge in [0.25, 0.3) is 0 Å². The normalized spacial score (nSPS) is 11.1. The molecule has 0 aliphatic rings. The Kier molecular flexibility index (Phi) is 6.27. The van der Waals surface area contributed by atoms with Crippen molar-refractivity contribution < 1.29 is 14.6 Å². The predicted octanol–water partition coefficient (Wildman–Crippen LogP) is 4.86. The molecule has 0 aliphatic carbocycles. The van der Waals surface area contributed by atoms with Crippen molar-refractivity contribution in [3.63, 3.8) is 0 Å². The lowest BCUT2D eigenvalue weighted by atomic mass is 9.93. The molecule has 0 radical (unpaired) electrons. The maximum atomic E-state index is 11.1. The van der Waals surface area contributed by atoms with Gasteiger partial charge in [0.05, 0.1) is 12.9 Å². The minimum Gasteiger partial charge on any atom is -0.497 e. The summed E-state index contributed by atoms with van der Waals surface area (Å²) in [6.45, 7) is 8.52. The van der Waals surface area contributed by atoms with E-state index in [-0.39, 0.29) is 5.75 Å². The first kappa shape index (κ1) is 20.9. The second-order valence-electron chi connectivity index (χ2n) is 7.20. The van der Waals surface area contributed by atoms with E-state index in [1.54, 1.807) is 7.11 Å². The molecule has 0 unspecified atom stereocenters. The fourth-order valence-corrected chi connectivity index (χ4v) is 4.03. The second-order valence-corrected chi connectivity index (χ2v) is 8.14. The minimum atomic E-state index is -0.894. The first-order valence-electron chi connectivity index (χ1n) is 9.37. The molecular weight excluding hydrogens is 386 g/mol. The lowest BCUT2D eigenvalue weighted by Crippen LogP contribution is -2.04. The highest BCUT2D eigenvalue weighted by Crippen LogP contribution is 2.33. The van der Waals surface area contributed by atoms with Crippen LogP contribution in [-0.2, 0) is 4.79 Å². The van der Waals surface area contributed by atoms with E-state index in [9.17, 15) is 4.79 Å². The van der Waals surface area contributed by atoms with Crippen molar-refractivity contribution in [2.75, 3.05) is 12.9 Å². The molecule has 3 aromatic rings. The summed E-state index contributed by atoms with van der Waals surface area (Å²) in [6.07, 6.45) is 0. The number of aliphatic carboxylic acids is 1. The van der Waals surface area contributed by atoms with Crippen molar-refractivity contribution in [2.45, 2.75) is 38.8 Å². The maximum absolute atomic E-state index is 11.1. The summed E-state index contributed by atoms with van der Waals surface area (Å²) in [5.41, 5.74) is 5.45. The number of ether oxygens (including phenoxy) is 1. The van der Waals surface area contributed by atoms with Gasteiger partial charge in [0.2, 0.25) is 0 Å². The molecule has 0 bridgehead atoms. The molecule has 2 aromatic carbocycles. The third-order valence-electron chi connectivity index (χ3n) is 4.76. The SMILES string of the molecule is COc1ccc(-n2c(SCC(=O)O)nnc2-c2cc(C(C)C)c(C)cc2C)cc1. The van der Waals surface area contributed by atoms with Crippen LogP contribution >= 0.6 is 11.8 Å². The molecule has 0 spiro atoms. The molecule has 1 aromatic heterocycles. The van der Waals surface area contributed by atoms with Crippen molar-refractivity contribution in [2.24, 2.45) is 0 Å². The van der Waals surface area contributed by atoms with E-state index in [1.165, 1.54) is 11.1 Å². The highest BCUT2D eigenvalue weighted by Gasteiger charge is 2.20. The lowest BCUT2D eigenvalue weighted by Gasteiger charge is -2.16. The number of methoxy groups -OCH3 is 1. The van der Waals surface area contributed by atoms with Crippen LogP contribution in [0.15, 0.2) is 41.6 Å². The number of carbonyl (C=O) groups is 1. The molecule has 3 rings (SSSR count). The quantitative estimate of drug-likeness (QED) is 0.560. The smallest absolute Gasteiger partial charge is 0.313 e. The van der Waals surface area contributed by atoms with Crippen LogP contribution in [0.1, 0.15) is 36.5 Å². The van der Waals surface area contributed by atoms with Crippen molar-refractivity contribution in [1.29, 1.82) is 0 Å². The van der Waals surface area contributed by atoms with E-state index >= 15 is 0 Å². The van der Waals surface area contributed by atoms with Gasteiger partial charge in [-0.1, -0.05) is 31.7 Å². The van der Waals surface area contributed by atoms with Crippen LogP contribution in [-0.4, -0.2) is 38.7 Å². The van der Waals surface area contributed by atoms with E-state index in [0.29, 0.717) is 16.9 Å². The monoisotopic (exact) mass is 411 g/mol. The highest BCUT2D eigenvalue weighted by atomic mass is 32.2. The molecule has 0 aliphatic heterocycles. The Morgan fingerprint density at radius 3 is 2.41 bits per heavy atom.